The number of hydrogen-bond acceptors (Lipinski definition) is 18. The monoisotopic (exact) mass is 1270 g/mol. The van der Waals surface area contributed by atoms with E-state index in [1.165, 1.54) is 7.11 Å². The second kappa shape index (κ2) is 32.5. The first-order valence-electron chi connectivity index (χ1n) is 39.5. The van der Waals surface area contributed by atoms with E-state index < -0.39 is 99.4 Å². The van der Waals surface area contributed by atoms with Crippen LogP contribution in [0.2, 0.25) is 0 Å². The molecule has 18 heteroatoms. The van der Waals surface area contributed by atoms with Crippen LogP contribution in [0.5, 0.6) is 34.5 Å². The van der Waals surface area contributed by atoms with Crippen molar-refractivity contribution in [1.82, 2.24) is 14.7 Å². The number of nitrogens with two attached hydrogens (primary N) is 3. The van der Waals surface area contributed by atoms with Gasteiger partial charge in [-0.1, -0.05) is 82.9 Å². The largest absolute Gasteiger partial charge is 0.493 e. The number of nitrogens with zero attached hydrogens (tertiary/aromatic N) is 3. The molecule has 0 bridgehead atoms. The SMILES string of the molecule is [2H]C([2H])([2H])C([2H])(C)C([2H])([2H])[C@@H]1CN2CCc3cc(OC)c(OC)cc3[C@H]2C[C@H]1OC(=O)[C@@H](N)C(C)C.[2H]C([2H])([2H])C([2H])(C)C([2H])([2H])[C@@H]1CN2CCc3cc(OC)c(OC)cc3[C@H]2C[C@H]1OC(=O)[C@@H](N)C(C)C.[2H]C([2H])([2H])Oc1cc2c(cc1OC)[C@H]1C[C@@H](OC(=O)[C@@H](N)C(C)C)[C@H](CC(C)C)CN1CC2. The Bertz CT molecular complexity index is 3330. The van der Waals surface area contributed by atoms with Gasteiger partial charge in [-0.25, -0.2) is 0 Å². The molecule has 90 heavy (non-hydrogen) atoms. The predicted octanol–water partition coefficient (Wildman–Crippen LogP) is 10.7. The van der Waals surface area contributed by atoms with Gasteiger partial charge in [0, 0.05) is 111 Å². The van der Waals surface area contributed by atoms with Crippen LogP contribution in [0, 0.1) is 53.2 Å². The third kappa shape index (κ3) is 17.5. The summed E-state index contributed by atoms with van der Waals surface area (Å²) in [5.41, 5.74) is 24.3. The molecule has 0 radical (unpaired) electrons. The summed E-state index contributed by atoms with van der Waals surface area (Å²) in [6, 6.07) is 8.53. The average molecular weight is 1270 g/mol. The Kier molecular flexibility index (Phi) is 19.1. The number of fused-ring (bicyclic) bond motifs is 9. The summed E-state index contributed by atoms with van der Waals surface area (Å²) in [5, 5.41) is 0. The molecule has 18 nitrogen and oxygen atoms in total. The van der Waals surface area contributed by atoms with Crippen LogP contribution in [0.4, 0.5) is 0 Å². The Balaban J connectivity index is 0.000000220. The molecule has 3 saturated heterocycles. The number of esters is 3. The Labute approximate surface area is 560 Å². The Morgan fingerprint density at radius 1 is 0.478 bits per heavy atom. The fraction of sp³-hybridized carbons (Fsp3) is 0.708. The molecule has 6 aliphatic rings. The minimum absolute atomic E-state index is 0.0115. The van der Waals surface area contributed by atoms with E-state index in [1.54, 1.807) is 62.2 Å². The van der Waals surface area contributed by atoms with Gasteiger partial charge >= 0.3 is 17.9 Å². The number of carbonyl (C=O) groups is 3. The number of benzene rings is 3. The fourth-order valence-electron chi connectivity index (χ4n) is 13.6. The quantitative estimate of drug-likeness (QED) is 0.0666. The average Bonchev–Trinajstić information content (AvgIpc) is 0.739. The molecule has 0 aromatic heterocycles. The fourth-order valence-corrected chi connectivity index (χ4v) is 13.6. The summed E-state index contributed by atoms with van der Waals surface area (Å²) in [4.78, 5) is 45.1. The summed E-state index contributed by atoms with van der Waals surface area (Å²) in [5.74, 6) is -5.25. The zero-order valence-electron chi connectivity index (χ0n) is 70.9. The molecule has 6 N–H and O–H groups in total. The van der Waals surface area contributed by atoms with Crippen LogP contribution < -0.4 is 45.6 Å². The summed E-state index contributed by atoms with van der Waals surface area (Å²) in [6.45, 7) is 15.0. The normalized spacial score (nSPS) is 29.4. The molecule has 9 rings (SSSR count). The molecule has 2 unspecified atom stereocenters. The third-order valence-corrected chi connectivity index (χ3v) is 18.7. The van der Waals surface area contributed by atoms with Crippen molar-refractivity contribution in [3.63, 3.8) is 0 Å². The lowest BCUT2D eigenvalue weighted by Gasteiger charge is -2.47. The van der Waals surface area contributed by atoms with Crippen molar-refractivity contribution in [1.29, 1.82) is 0 Å². The lowest BCUT2D eigenvalue weighted by atomic mass is 9.79. The van der Waals surface area contributed by atoms with Crippen molar-refractivity contribution in [2.45, 2.75) is 195 Å². The summed E-state index contributed by atoms with van der Waals surface area (Å²) in [6.07, 6.45) is -2.87. The maximum atomic E-state index is 12.9. The highest BCUT2D eigenvalue weighted by atomic mass is 16.6. The van der Waals surface area contributed by atoms with E-state index in [9.17, 15) is 14.4 Å². The minimum atomic E-state index is -2.88. The molecule has 0 aliphatic carbocycles. The molecule has 3 fully saturated rings. The van der Waals surface area contributed by atoms with E-state index in [-0.39, 0.29) is 85.6 Å². The Morgan fingerprint density at radius 2 is 0.767 bits per heavy atom. The zero-order valence-corrected chi connectivity index (χ0v) is 55.9. The van der Waals surface area contributed by atoms with Gasteiger partial charge in [-0.2, -0.15) is 0 Å². The maximum Gasteiger partial charge on any atom is 0.323 e. The zero-order chi connectivity index (χ0) is 78.9. The van der Waals surface area contributed by atoms with Crippen LogP contribution in [-0.4, -0.2) is 151 Å². The van der Waals surface area contributed by atoms with Gasteiger partial charge in [0.15, 0.2) is 34.5 Å². The predicted molar refractivity (Wildman–Crippen MR) is 353 cm³/mol. The van der Waals surface area contributed by atoms with Gasteiger partial charge in [0.05, 0.1) is 46.7 Å². The summed E-state index contributed by atoms with van der Waals surface area (Å²) >= 11 is 0. The number of carbonyl (C=O) groups excluding carboxylic acids is 3. The van der Waals surface area contributed by atoms with Crippen LogP contribution >= 0.6 is 0 Å². The highest BCUT2D eigenvalue weighted by Gasteiger charge is 2.45. The van der Waals surface area contributed by atoms with Gasteiger partial charge in [-0.15, -0.1) is 0 Å². The lowest BCUT2D eigenvalue weighted by molar-refractivity contribution is -0.161. The van der Waals surface area contributed by atoms with E-state index in [0.717, 1.165) is 73.2 Å². The summed E-state index contributed by atoms with van der Waals surface area (Å²) < 4.78 is 172. The number of hydrogen-bond donors (Lipinski definition) is 3. The van der Waals surface area contributed by atoms with E-state index in [0.29, 0.717) is 67.0 Å². The molecule has 504 valence electrons. The van der Waals surface area contributed by atoms with Crippen molar-refractivity contribution in [3.8, 4) is 34.5 Å². The Morgan fingerprint density at radius 3 is 1.04 bits per heavy atom. The van der Waals surface area contributed by atoms with E-state index in [1.807, 2.05) is 44.2 Å². The maximum absolute atomic E-state index is 12.9. The number of rotatable bonds is 21. The lowest BCUT2D eigenvalue weighted by Crippen LogP contribution is -2.51. The van der Waals surface area contributed by atoms with Crippen molar-refractivity contribution < 1.29 is 77.6 Å². The van der Waals surface area contributed by atoms with Crippen molar-refractivity contribution in [2.75, 3.05) is 81.9 Å². The van der Waals surface area contributed by atoms with Crippen molar-refractivity contribution in [2.24, 2.45) is 70.4 Å². The van der Waals surface area contributed by atoms with Crippen LogP contribution in [0.3, 0.4) is 0 Å². The van der Waals surface area contributed by atoms with Crippen LogP contribution in [0.25, 0.3) is 0 Å². The standard InChI is InChI=1S/3C24H38N2O4/c3*1-14(2)9-17-13-26-8-7-16-10-21(28-5)22(29-6)11-18(16)19(26)12-20(17)30-24(27)23(25)15(3)4/h3*10-11,14-15,17,19-20,23H,7-9,12-13,25H2,1-6H3/t3*17-,19-,20-,23+/m111/s1/i2*1D3,9D2,14D;5D3/t2*14?,17-,19-,20-,23+;m. The van der Waals surface area contributed by atoms with E-state index in [4.69, 9.17) is 80.4 Å². The van der Waals surface area contributed by atoms with Gasteiger partial charge < -0.3 is 59.8 Å². The highest BCUT2D eigenvalue weighted by molar-refractivity contribution is 5.77. The second-order valence-electron chi connectivity index (χ2n) is 26.5. The molecular weight excluding hydrogens is 1140 g/mol. The topological polar surface area (TPSA) is 222 Å². The minimum Gasteiger partial charge on any atom is -0.493 e. The first kappa shape index (κ1) is 53.0. The molecule has 6 aliphatic heterocycles. The molecule has 3 aromatic rings. The first-order valence-corrected chi connectivity index (χ1v) is 32.0. The van der Waals surface area contributed by atoms with Crippen LogP contribution in [0.1, 0.15) is 193 Å². The molecule has 6 heterocycles. The molecule has 3 aromatic carbocycles. The van der Waals surface area contributed by atoms with Gasteiger partial charge in [-0.05, 0) is 144 Å². The van der Waals surface area contributed by atoms with Crippen molar-refractivity contribution in [3.05, 3.63) is 69.8 Å². The van der Waals surface area contributed by atoms with E-state index in [2.05, 4.69) is 28.5 Å². The van der Waals surface area contributed by atoms with E-state index >= 15 is 0 Å². The Hall–Kier alpha value is -5.37. The van der Waals surface area contributed by atoms with Gasteiger partial charge in [-0.3, -0.25) is 29.1 Å². The summed E-state index contributed by atoms with van der Waals surface area (Å²) in [7, 11) is 5.21. The highest BCUT2D eigenvalue weighted by Crippen LogP contribution is 2.48. The molecule has 0 saturated carbocycles. The third-order valence-electron chi connectivity index (χ3n) is 18.7. The van der Waals surface area contributed by atoms with Gasteiger partial charge in [0.1, 0.15) is 36.4 Å². The molecule has 14 atom stereocenters. The number of methoxy groups -OCH3 is 6. The molecule has 0 spiro atoms. The smallest absolute Gasteiger partial charge is 0.323 e. The van der Waals surface area contributed by atoms with Gasteiger partial charge in [0.2, 0.25) is 0 Å². The van der Waals surface area contributed by atoms with Crippen molar-refractivity contribution >= 4 is 17.9 Å². The first-order chi connectivity index (χ1) is 48.5. The number of ether oxygens (including phenoxy) is 9. The van der Waals surface area contributed by atoms with Crippen LogP contribution in [-0.2, 0) is 47.9 Å². The van der Waals surface area contributed by atoms with Crippen LogP contribution in [0.15, 0.2) is 36.4 Å². The second-order valence-corrected chi connectivity index (χ2v) is 26.5. The van der Waals surface area contributed by atoms with Gasteiger partial charge in [0.25, 0.3) is 0 Å². The molecular formula is C72H114N6O12. The number of piperidine rings is 3. The molecule has 0 amide bonds.